The van der Waals surface area contributed by atoms with Gasteiger partial charge in [-0.25, -0.2) is 4.98 Å². The minimum absolute atomic E-state index is 0.822. The molecule has 0 aromatic carbocycles. The van der Waals surface area contributed by atoms with Crippen LogP contribution in [0.25, 0.3) is 5.65 Å². The van der Waals surface area contributed by atoms with E-state index in [-0.39, 0.29) is 0 Å². The molecule has 2 heterocycles. The van der Waals surface area contributed by atoms with E-state index in [0.717, 1.165) is 44.1 Å². The van der Waals surface area contributed by atoms with Crippen LogP contribution in [-0.4, -0.2) is 55.1 Å². The number of anilines is 1. The van der Waals surface area contributed by atoms with E-state index >= 15 is 0 Å². The summed E-state index contributed by atoms with van der Waals surface area (Å²) in [4.78, 5) is 9.48. The van der Waals surface area contributed by atoms with Gasteiger partial charge in [-0.05, 0) is 39.7 Å². The lowest BCUT2D eigenvalue weighted by molar-refractivity contribution is 0.412. The third-order valence-corrected chi connectivity index (χ3v) is 3.56. The van der Waals surface area contributed by atoms with Crippen LogP contribution in [-0.2, 0) is 6.54 Å². The monoisotopic (exact) mass is 289 g/mol. The lowest BCUT2D eigenvalue weighted by atomic mass is 10.3. The molecule has 0 unspecified atom stereocenters. The molecule has 0 bridgehead atoms. The lowest BCUT2D eigenvalue weighted by Gasteiger charge is -2.25. The molecule has 0 saturated carbocycles. The van der Waals surface area contributed by atoms with Crippen molar-refractivity contribution >= 4 is 11.5 Å². The zero-order chi connectivity index (χ0) is 15.2. The molecule has 0 aliphatic carbocycles. The summed E-state index contributed by atoms with van der Waals surface area (Å²) in [7, 11) is 6.21. The van der Waals surface area contributed by atoms with Crippen LogP contribution >= 0.6 is 0 Å². The number of hydrogen-bond acceptors (Lipinski definition) is 4. The summed E-state index contributed by atoms with van der Waals surface area (Å²) in [5.74, 6) is 1.11. The molecule has 0 aliphatic heterocycles. The van der Waals surface area contributed by atoms with E-state index in [1.807, 2.05) is 13.1 Å². The van der Waals surface area contributed by atoms with Gasteiger partial charge in [0.25, 0.3) is 0 Å². The van der Waals surface area contributed by atoms with E-state index in [4.69, 9.17) is 4.98 Å². The number of hydrogen-bond donors (Lipinski definition) is 1. The van der Waals surface area contributed by atoms with Crippen LogP contribution in [0.5, 0.6) is 0 Å². The molecule has 0 spiro atoms. The van der Waals surface area contributed by atoms with Crippen molar-refractivity contribution in [1.29, 1.82) is 0 Å². The van der Waals surface area contributed by atoms with Crippen molar-refractivity contribution in [3.63, 3.8) is 0 Å². The Morgan fingerprint density at radius 2 is 2.00 bits per heavy atom. The van der Waals surface area contributed by atoms with Crippen LogP contribution in [0.2, 0.25) is 0 Å². The van der Waals surface area contributed by atoms with E-state index in [0.29, 0.717) is 0 Å². The Hall–Kier alpha value is -1.59. The number of rotatable bonds is 8. The van der Waals surface area contributed by atoms with Gasteiger partial charge in [0, 0.05) is 32.4 Å². The molecule has 21 heavy (non-hydrogen) atoms. The molecule has 5 nitrogen and oxygen atoms in total. The van der Waals surface area contributed by atoms with Crippen molar-refractivity contribution in [3.8, 4) is 0 Å². The third kappa shape index (κ3) is 3.74. The van der Waals surface area contributed by atoms with Crippen molar-refractivity contribution in [3.05, 3.63) is 30.1 Å². The van der Waals surface area contributed by atoms with Crippen molar-refractivity contribution in [2.24, 2.45) is 0 Å². The Labute approximate surface area is 127 Å². The molecule has 5 heteroatoms. The van der Waals surface area contributed by atoms with Crippen molar-refractivity contribution < 1.29 is 0 Å². The zero-order valence-electron chi connectivity index (χ0n) is 13.6. The van der Waals surface area contributed by atoms with Crippen molar-refractivity contribution in [2.45, 2.75) is 19.9 Å². The molecule has 0 saturated heterocycles. The first-order valence-corrected chi connectivity index (χ1v) is 7.67. The smallest absolute Gasteiger partial charge is 0.152 e. The zero-order valence-corrected chi connectivity index (χ0v) is 13.6. The highest BCUT2D eigenvalue weighted by Gasteiger charge is 2.17. The maximum Gasteiger partial charge on any atom is 0.152 e. The molecule has 116 valence electrons. The van der Waals surface area contributed by atoms with Gasteiger partial charge in [-0.1, -0.05) is 13.0 Å². The van der Waals surface area contributed by atoms with Gasteiger partial charge < -0.3 is 19.5 Å². The van der Waals surface area contributed by atoms with Gasteiger partial charge in [0.15, 0.2) is 5.82 Å². The standard InChI is InChI=1S/C16H27N5/c1-5-9-20(12-11-19(3)4)16-14(13-17-2)21-10-7-6-8-15(21)18-16/h6-8,10,17H,5,9,11-13H2,1-4H3. The average Bonchev–Trinajstić information content (AvgIpc) is 2.83. The van der Waals surface area contributed by atoms with Crippen LogP contribution < -0.4 is 10.2 Å². The second-order valence-corrected chi connectivity index (χ2v) is 5.63. The number of pyridine rings is 1. The minimum atomic E-state index is 0.822. The lowest BCUT2D eigenvalue weighted by Crippen LogP contribution is -2.33. The van der Waals surface area contributed by atoms with E-state index in [9.17, 15) is 0 Å². The summed E-state index contributed by atoms with van der Waals surface area (Å²) >= 11 is 0. The van der Waals surface area contributed by atoms with Crippen LogP contribution in [0, 0.1) is 0 Å². The number of nitrogens with zero attached hydrogens (tertiary/aromatic N) is 4. The molecular weight excluding hydrogens is 262 g/mol. The summed E-state index contributed by atoms with van der Waals surface area (Å²) in [6.45, 7) is 6.11. The summed E-state index contributed by atoms with van der Waals surface area (Å²) < 4.78 is 2.18. The number of aromatic nitrogens is 2. The second kappa shape index (κ2) is 7.43. The summed E-state index contributed by atoms with van der Waals surface area (Å²) in [5.41, 5.74) is 2.25. The van der Waals surface area contributed by atoms with Crippen molar-refractivity contribution in [2.75, 3.05) is 45.7 Å². The van der Waals surface area contributed by atoms with Crippen LogP contribution in [0.1, 0.15) is 19.0 Å². The van der Waals surface area contributed by atoms with Gasteiger partial charge in [0.2, 0.25) is 0 Å². The maximum absolute atomic E-state index is 4.86. The second-order valence-electron chi connectivity index (χ2n) is 5.63. The topological polar surface area (TPSA) is 35.8 Å². The highest BCUT2D eigenvalue weighted by atomic mass is 15.3. The Balaban J connectivity index is 2.37. The first kappa shape index (κ1) is 15.8. The maximum atomic E-state index is 4.86. The van der Waals surface area contributed by atoms with E-state index < -0.39 is 0 Å². The highest BCUT2D eigenvalue weighted by Crippen LogP contribution is 2.22. The van der Waals surface area contributed by atoms with Crippen LogP contribution in [0.4, 0.5) is 5.82 Å². The summed E-state index contributed by atoms with van der Waals surface area (Å²) in [5, 5.41) is 3.27. The van der Waals surface area contributed by atoms with Gasteiger partial charge >= 0.3 is 0 Å². The molecule has 0 atom stereocenters. The number of imidazole rings is 1. The molecule has 1 N–H and O–H groups in total. The molecule has 0 radical (unpaired) electrons. The molecule has 2 rings (SSSR count). The number of likely N-dealkylation sites (N-methyl/N-ethyl adjacent to an activating group) is 1. The van der Waals surface area contributed by atoms with Gasteiger partial charge in [-0.2, -0.15) is 0 Å². The summed E-state index contributed by atoms with van der Waals surface area (Å²) in [6.07, 6.45) is 3.22. The van der Waals surface area contributed by atoms with Gasteiger partial charge in [0.1, 0.15) is 5.65 Å². The average molecular weight is 289 g/mol. The molecule has 2 aromatic rings. The van der Waals surface area contributed by atoms with E-state index in [1.165, 1.54) is 5.69 Å². The quantitative estimate of drug-likeness (QED) is 0.804. The van der Waals surface area contributed by atoms with Crippen LogP contribution in [0.3, 0.4) is 0 Å². The summed E-state index contributed by atoms with van der Waals surface area (Å²) in [6, 6.07) is 6.17. The Bertz CT molecular complexity index is 561. The molecular formula is C16H27N5. The highest BCUT2D eigenvalue weighted by molar-refractivity contribution is 5.56. The minimum Gasteiger partial charge on any atom is -0.354 e. The number of nitrogens with one attached hydrogen (secondary N) is 1. The Morgan fingerprint density at radius 1 is 1.19 bits per heavy atom. The predicted molar refractivity (Wildman–Crippen MR) is 89.0 cm³/mol. The fourth-order valence-corrected chi connectivity index (χ4v) is 2.53. The normalized spacial score (nSPS) is 11.5. The first-order valence-electron chi connectivity index (χ1n) is 7.67. The fraction of sp³-hybridized carbons (Fsp3) is 0.562. The largest absolute Gasteiger partial charge is 0.354 e. The third-order valence-electron chi connectivity index (χ3n) is 3.56. The van der Waals surface area contributed by atoms with Gasteiger partial charge in [-0.15, -0.1) is 0 Å². The van der Waals surface area contributed by atoms with E-state index in [2.05, 4.69) is 58.9 Å². The first-order chi connectivity index (χ1) is 10.2. The molecule has 0 amide bonds. The molecule has 0 aliphatic rings. The fourth-order valence-electron chi connectivity index (χ4n) is 2.53. The van der Waals surface area contributed by atoms with E-state index in [1.54, 1.807) is 0 Å². The SMILES string of the molecule is CCCN(CCN(C)C)c1nc2ccccn2c1CNC. The van der Waals surface area contributed by atoms with Gasteiger partial charge in [-0.3, -0.25) is 0 Å². The Morgan fingerprint density at radius 3 is 2.67 bits per heavy atom. The van der Waals surface area contributed by atoms with Gasteiger partial charge in [0.05, 0.1) is 5.69 Å². The number of fused-ring (bicyclic) bond motifs is 1. The van der Waals surface area contributed by atoms with Crippen molar-refractivity contribution in [1.82, 2.24) is 19.6 Å². The Kier molecular flexibility index (Phi) is 5.59. The molecule has 2 aromatic heterocycles. The predicted octanol–water partition coefficient (Wildman–Crippen LogP) is 1.83. The molecule has 0 fully saturated rings. The van der Waals surface area contributed by atoms with Crippen LogP contribution in [0.15, 0.2) is 24.4 Å².